The molecule has 1 saturated heterocycles. The summed E-state index contributed by atoms with van der Waals surface area (Å²) in [6.45, 7) is 5.90. The molecule has 0 radical (unpaired) electrons. The van der Waals surface area contributed by atoms with E-state index in [1.807, 2.05) is 72.7 Å². The highest BCUT2D eigenvalue weighted by Gasteiger charge is 2.21. The van der Waals surface area contributed by atoms with Gasteiger partial charge < -0.3 is 18.8 Å². The summed E-state index contributed by atoms with van der Waals surface area (Å²) in [5.74, 6) is 1.45. The molecule has 0 spiro atoms. The number of carbonyl (C=O) groups excluding carboxylic acids is 1. The third-order valence-electron chi connectivity index (χ3n) is 6.90. The molecular weight excluding hydrogens is 466 g/mol. The number of allylic oxidation sites excluding steroid dienone is 1. The number of rotatable bonds is 7. The second kappa shape index (κ2) is 10.9. The Bertz CT molecular complexity index is 1420. The first-order valence-electron chi connectivity index (χ1n) is 12.4. The number of methoxy groups -OCH3 is 2. The molecule has 2 aromatic heterocycles. The topological polar surface area (TPSA) is 68.0 Å². The van der Waals surface area contributed by atoms with Gasteiger partial charge in [0.2, 0.25) is 5.91 Å². The van der Waals surface area contributed by atoms with Gasteiger partial charge in [-0.05, 0) is 42.3 Å². The first kappa shape index (κ1) is 24.6. The van der Waals surface area contributed by atoms with Gasteiger partial charge >= 0.3 is 0 Å². The molecule has 7 nitrogen and oxygen atoms in total. The van der Waals surface area contributed by atoms with Crippen molar-refractivity contribution < 1.29 is 18.7 Å². The van der Waals surface area contributed by atoms with Gasteiger partial charge in [-0.25, -0.2) is 0 Å². The van der Waals surface area contributed by atoms with Crippen LogP contribution in [0.15, 0.2) is 77.7 Å². The van der Waals surface area contributed by atoms with E-state index >= 15 is 0 Å². The molecule has 0 N–H and O–H groups in total. The van der Waals surface area contributed by atoms with Crippen molar-refractivity contribution >= 4 is 22.4 Å². The molecule has 0 bridgehead atoms. The van der Waals surface area contributed by atoms with E-state index < -0.39 is 0 Å². The molecule has 0 aliphatic carbocycles. The number of para-hydroxylation sites is 1. The van der Waals surface area contributed by atoms with Crippen LogP contribution < -0.4 is 9.47 Å². The van der Waals surface area contributed by atoms with Crippen molar-refractivity contribution in [3.63, 3.8) is 0 Å². The second-order valence-corrected chi connectivity index (χ2v) is 9.18. The van der Waals surface area contributed by atoms with Gasteiger partial charge in [0.15, 0.2) is 0 Å². The van der Waals surface area contributed by atoms with E-state index in [-0.39, 0.29) is 5.91 Å². The summed E-state index contributed by atoms with van der Waals surface area (Å²) in [7, 11) is 3.29. The third kappa shape index (κ3) is 5.22. The molecule has 3 heterocycles. The lowest BCUT2D eigenvalue weighted by molar-refractivity contribution is -0.127. The zero-order chi connectivity index (χ0) is 25.8. The summed E-state index contributed by atoms with van der Waals surface area (Å²) in [4.78, 5) is 21.5. The van der Waals surface area contributed by atoms with Crippen LogP contribution in [-0.4, -0.2) is 61.1 Å². The Morgan fingerprint density at radius 3 is 2.43 bits per heavy atom. The smallest absolute Gasteiger partial charge is 0.246 e. The van der Waals surface area contributed by atoms with Gasteiger partial charge in [0, 0.05) is 79.3 Å². The number of ether oxygens (including phenoxy) is 2. The first-order chi connectivity index (χ1) is 18.1. The van der Waals surface area contributed by atoms with Crippen LogP contribution in [-0.2, 0) is 11.3 Å². The quantitative estimate of drug-likeness (QED) is 0.325. The summed E-state index contributed by atoms with van der Waals surface area (Å²) < 4.78 is 17.1. The number of aromatic nitrogens is 1. The van der Waals surface area contributed by atoms with Crippen LogP contribution in [0.5, 0.6) is 11.5 Å². The van der Waals surface area contributed by atoms with Gasteiger partial charge in [-0.3, -0.25) is 14.7 Å². The van der Waals surface area contributed by atoms with E-state index in [0.717, 1.165) is 53.0 Å². The highest BCUT2D eigenvalue weighted by atomic mass is 16.5. The largest absolute Gasteiger partial charge is 0.496 e. The number of piperazine rings is 1. The van der Waals surface area contributed by atoms with Crippen molar-refractivity contribution in [2.45, 2.75) is 13.5 Å². The minimum Gasteiger partial charge on any atom is -0.496 e. The average molecular weight is 498 g/mol. The van der Waals surface area contributed by atoms with Gasteiger partial charge in [0.05, 0.1) is 20.5 Å². The summed E-state index contributed by atoms with van der Waals surface area (Å²) in [6.07, 6.45) is 7.08. The SMILES string of the molecule is COc1cc2occ(-c3ccccc3OC)c2cc1/C(C)=C/C(=O)N1CCN(Cc2ccncc2)CC1. The number of pyridine rings is 1. The highest BCUT2D eigenvalue weighted by molar-refractivity contribution is 6.01. The predicted molar refractivity (Wildman–Crippen MR) is 144 cm³/mol. The van der Waals surface area contributed by atoms with Crippen molar-refractivity contribution in [1.82, 2.24) is 14.8 Å². The number of nitrogens with zero attached hydrogens (tertiary/aromatic N) is 3. The Labute approximate surface area is 216 Å². The van der Waals surface area contributed by atoms with Gasteiger partial charge in [-0.1, -0.05) is 18.2 Å². The van der Waals surface area contributed by atoms with Crippen LogP contribution in [0.1, 0.15) is 18.1 Å². The predicted octanol–water partition coefficient (Wildman–Crippen LogP) is 5.26. The number of hydrogen-bond acceptors (Lipinski definition) is 6. The number of carbonyl (C=O) groups is 1. The van der Waals surface area contributed by atoms with Gasteiger partial charge in [-0.15, -0.1) is 0 Å². The number of furan rings is 1. The molecule has 1 aliphatic heterocycles. The van der Waals surface area contributed by atoms with Crippen LogP contribution in [0.4, 0.5) is 0 Å². The van der Waals surface area contributed by atoms with E-state index in [2.05, 4.69) is 9.88 Å². The fraction of sp³-hybridized carbons (Fsp3) is 0.267. The van der Waals surface area contributed by atoms with Crippen LogP contribution in [0.2, 0.25) is 0 Å². The first-order valence-corrected chi connectivity index (χ1v) is 12.4. The lowest BCUT2D eigenvalue weighted by Crippen LogP contribution is -2.47. The molecule has 37 heavy (non-hydrogen) atoms. The van der Waals surface area contributed by atoms with Crippen LogP contribution in [0.3, 0.4) is 0 Å². The third-order valence-corrected chi connectivity index (χ3v) is 6.90. The number of fused-ring (bicyclic) bond motifs is 1. The van der Waals surface area contributed by atoms with Gasteiger partial charge in [-0.2, -0.15) is 0 Å². The second-order valence-electron chi connectivity index (χ2n) is 9.18. The van der Waals surface area contributed by atoms with E-state index in [1.54, 1.807) is 26.6 Å². The molecule has 0 atom stereocenters. The summed E-state index contributed by atoms with van der Waals surface area (Å²) in [6, 6.07) is 15.8. The van der Waals surface area contributed by atoms with E-state index in [9.17, 15) is 4.79 Å². The Morgan fingerprint density at radius 1 is 0.973 bits per heavy atom. The van der Waals surface area contributed by atoms with E-state index in [1.165, 1.54) is 5.56 Å². The van der Waals surface area contributed by atoms with Crippen molar-refractivity contribution in [3.05, 3.63) is 84.4 Å². The summed E-state index contributed by atoms with van der Waals surface area (Å²) in [5, 5.41) is 0.935. The average Bonchev–Trinajstić information content (AvgIpc) is 3.35. The Kier molecular flexibility index (Phi) is 7.23. The molecule has 190 valence electrons. The molecule has 4 aromatic rings. The summed E-state index contributed by atoms with van der Waals surface area (Å²) in [5.41, 5.74) is 5.53. The van der Waals surface area contributed by atoms with E-state index in [4.69, 9.17) is 13.9 Å². The molecule has 2 aromatic carbocycles. The maximum Gasteiger partial charge on any atom is 0.246 e. The zero-order valence-corrected chi connectivity index (χ0v) is 21.4. The van der Waals surface area contributed by atoms with Gasteiger partial charge in [0.1, 0.15) is 17.1 Å². The molecule has 5 rings (SSSR count). The fourth-order valence-corrected chi connectivity index (χ4v) is 4.83. The van der Waals surface area contributed by atoms with Gasteiger partial charge in [0.25, 0.3) is 0 Å². The maximum atomic E-state index is 13.2. The summed E-state index contributed by atoms with van der Waals surface area (Å²) >= 11 is 0. The lowest BCUT2D eigenvalue weighted by atomic mass is 9.98. The molecule has 1 amide bonds. The lowest BCUT2D eigenvalue weighted by Gasteiger charge is -2.34. The number of amides is 1. The van der Waals surface area contributed by atoms with Crippen molar-refractivity contribution in [1.29, 1.82) is 0 Å². The molecule has 0 saturated carbocycles. The van der Waals surface area contributed by atoms with Crippen molar-refractivity contribution in [3.8, 4) is 22.6 Å². The molecule has 7 heteroatoms. The monoisotopic (exact) mass is 497 g/mol. The minimum absolute atomic E-state index is 0.0142. The highest BCUT2D eigenvalue weighted by Crippen LogP contribution is 2.40. The van der Waals surface area contributed by atoms with E-state index in [0.29, 0.717) is 24.4 Å². The molecule has 0 unspecified atom stereocenters. The normalized spacial score (nSPS) is 14.7. The zero-order valence-electron chi connectivity index (χ0n) is 21.4. The number of benzene rings is 2. The Balaban J connectivity index is 1.36. The molecular formula is C30H31N3O4. The fourth-order valence-electron chi connectivity index (χ4n) is 4.83. The number of hydrogen-bond donors (Lipinski definition) is 0. The molecule has 1 aliphatic rings. The molecule has 1 fully saturated rings. The standard InChI is InChI=1S/C30H31N3O4/c1-21(16-30(34)33-14-12-32(13-15-33)19-22-8-10-31-11-9-22)24-17-25-26(20-37-29(25)18-28(24)36-3)23-6-4-5-7-27(23)35-2/h4-11,16-18,20H,12-15,19H2,1-3H3/b21-16+. The van der Waals surface area contributed by atoms with Crippen LogP contribution in [0, 0.1) is 0 Å². The van der Waals surface area contributed by atoms with Crippen molar-refractivity contribution in [2.75, 3.05) is 40.4 Å². The van der Waals surface area contributed by atoms with Crippen LogP contribution in [0.25, 0.3) is 27.7 Å². The van der Waals surface area contributed by atoms with Crippen molar-refractivity contribution in [2.24, 2.45) is 0 Å². The Hall–Kier alpha value is -4.10. The Morgan fingerprint density at radius 2 is 1.70 bits per heavy atom. The minimum atomic E-state index is 0.0142. The van der Waals surface area contributed by atoms with Crippen LogP contribution >= 0.6 is 0 Å². The maximum absolute atomic E-state index is 13.2.